The fourth-order valence-corrected chi connectivity index (χ4v) is 3.27. The van der Waals surface area contributed by atoms with E-state index in [2.05, 4.69) is 39.5 Å². The summed E-state index contributed by atoms with van der Waals surface area (Å²) in [6.07, 6.45) is 2.53. The first-order chi connectivity index (χ1) is 18.2. The van der Waals surface area contributed by atoms with Gasteiger partial charge in [-0.3, -0.25) is 4.18 Å². The van der Waals surface area contributed by atoms with Gasteiger partial charge in [0.05, 0.1) is 37.2 Å². The molecule has 200 valence electrons. The molecule has 0 saturated carbocycles. The lowest BCUT2D eigenvalue weighted by atomic mass is 10.3. The number of aromatic nitrogens is 8. The summed E-state index contributed by atoms with van der Waals surface area (Å²) < 4.78 is 38.4. The van der Waals surface area contributed by atoms with Gasteiger partial charge in [0.25, 0.3) is 0 Å². The average Bonchev–Trinajstić information content (AvgIpc) is 3.43. The molecule has 4 aromatic rings. The van der Waals surface area contributed by atoms with Gasteiger partial charge in [0.15, 0.2) is 22.7 Å². The van der Waals surface area contributed by atoms with E-state index in [1.807, 2.05) is 12.1 Å². The minimum atomic E-state index is -3.99. The maximum atomic E-state index is 10.5. The van der Waals surface area contributed by atoms with Crippen LogP contribution in [0.25, 0.3) is 22.1 Å². The van der Waals surface area contributed by atoms with E-state index in [4.69, 9.17) is 36.6 Å². The molecule has 0 aliphatic rings. The second-order valence-electron chi connectivity index (χ2n) is 6.95. The van der Waals surface area contributed by atoms with Crippen molar-refractivity contribution in [2.24, 2.45) is 5.14 Å². The zero-order valence-corrected chi connectivity index (χ0v) is 20.3. The van der Waals surface area contributed by atoms with Gasteiger partial charge < -0.3 is 26.0 Å². The lowest BCUT2D eigenvalue weighted by Gasteiger charge is -2.05. The standard InChI is InChI=1S/C9H11N7O4S.C9H10N6O2/c10-3-6-7-8(11)13-4-14-9(7)16(15-6)5-19-1-2-20-21(12,17)18;10-3-6-7-8(11)12-4-13-9(7)15(14-6)5-17-2-1-16/h4H,1-2,5H2,(H2,11,13,14)(H2,12,17,18);4,16H,1-2,5H2,(H2,11,12,13). The van der Waals surface area contributed by atoms with E-state index >= 15 is 0 Å². The number of nitrogens with two attached hydrogens (primary N) is 3. The van der Waals surface area contributed by atoms with Crippen LogP contribution in [0.1, 0.15) is 11.4 Å². The average molecular weight is 548 g/mol. The Bertz CT molecular complexity index is 1610. The number of anilines is 2. The maximum absolute atomic E-state index is 10.5. The molecule has 20 heteroatoms. The van der Waals surface area contributed by atoms with E-state index in [0.29, 0.717) is 22.1 Å². The number of hydrogen-bond acceptors (Lipinski definition) is 16. The van der Waals surface area contributed by atoms with E-state index in [0.717, 1.165) is 0 Å². The van der Waals surface area contributed by atoms with Crippen molar-refractivity contribution in [2.45, 2.75) is 13.5 Å². The molecule has 4 heterocycles. The number of nitriles is 2. The van der Waals surface area contributed by atoms with Crippen LogP contribution < -0.4 is 16.6 Å². The minimum Gasteiger partial charge on any atom is -0.394 e. The van der Waals surface area contributed by atoms with Gasteiger partial charge in [-0.15, -0.1) is 0 Å². The third-order valence-electron chi connectivity index (χ3n) is 4.47. The van der Waals surface area contributed by atoms with Gasteiger partial charge in [-0.2, -0.15) is 29.1 Å². The molecule has 0 atom stereocenters. The van der Waals surface area contributed by atoms with Crippen LogP contribution in [-0.4, -0.2) is 79.4 Å². The summed E-state index contributed by atoms with van der Waals surface area (Å²) in [5.74, 6) is 0.348. The van der Waals surface area contributed by atoms with Crippen LogP contribution in [0.5, 0.6) is 0 Å². The molecule has 4 rings (SSSR count). The third-order valence-corrected chi connectivity index (χ3v) is 4.96. The SMILES string of the molecule is N#Cc1nn(COCCO)c2ncnc(N)c12.N#Cc1nn(COCCOS(N)(=O)=O)c2ncnc(N)c12. The molecule has 0 unspecified atom stereocenters. The molecular formula is C18H21N13O6S. The van der Waals surface area contributed by atoms with Crippen molar-refractivity contribution in [1.82, 2.24) is 39.5 Å². The molecule has 0 aromatic carbocycles. The van der Waals surface area contributed by atoms with Gasteiger partial charge in [0.1, 0.15) is 49.9 Å². The highest BCUT2D eigenvalue weighted by Crippen LogP contribution is 2.21. The summed E-state index contributed by atoms with van der Waals surface area (Å²) >= 11 is 0. The van der Waals surface area contributed by atoms with Crippen molar-refractivity contribution in [3.8, 4) is 12.1 Å². The molecule has 0 aliphatic heterocycles. The topological polar surface area (TPSA) is 295 Å². The fraction of sp³-hybridized carbons (Fsp3) is 0.333. The molecule has 0 bridgehead atoms. The Labute approximate surface area is 214 Å². The Morgan fingerprint density at radius 2 is 1.32 bits per heavy atom. The number of nitrogen functional groups attached to an aromatic ring is 2. The van der Waals surface area contributed by atoms with Crippen molar-refractivity contribution >= 4 is 44.0 Å². The summed E-state index contributed by atoms with van der Waals surface area (Å²) in [7, 11) is -3.99. The van der Waals surface area contributed by atoms with E-state index in [9.17, 15) is 8.42 Å². The van der Waals surface area contributed by atoms with E-state index in [1.54, 1.807) is 0 Å². The highest BCUT2D eigenvalue weighted by Gasteiger charge is 2.16. The summed E-state index contributed by atoms with van der Waals surface area (Å²) in [5, 5.41) is 39.9. The highest BCUT2D eigenvalue weighted by molar-refractivity contribution is 7.84. The molecule has 4 aromatic heterocycles. The first kappa shape index (κ1) is 28.0. The first-order valence-electron chi connectivity index (χ1n) is 10.4. The number of aliphatic hydroxyl groups is 1. The minimum absolute atomic E-state index is 0.0414. The third kappa shape index (κ3) is 6.80. The second-order valence-corrected chi connectivity index (χ2v) is 8.17. The zero-order chi connectivity index (χ0) is 27.7. The van der Waals surface area contributed by atoms with Crippen molar-refractivity contribution < 1.29 is 27.2 Å². The second kappa shape index (κ2) is 12.6. The molecule has 0 radical (unpaired) electrons. The molecule has 0 aliphatic carbocycles. The number of aliphatic hydroxyl groups excluding tert-OH is 1. The van der Waals surface area contributed by atoms with Crippen LogP contribution in [0.3, 0.4) is 0 Å². The van der Waals surface area contributed by atoms with Gasteiger partial charge >= 0.3 is 10.3 Å². The van der Waals surface area contributed by atoms with Crippen molar-refractivity contribution in [1.29, 1.82) is 10.5 Å². The molecule has 7 N–H and O–H groups in total. The van der Waals surface area contributed by atoms with Crippen LogP contribution in [-0.2, 0) is 37.4 Å². The van der Waals surface area contributed by atoms with E-state index in [1.165, 1.54) is 22.0 Å². The van der Waals surface area contributed by atoms with Crippen LogP contribution in [0.2, 0.25) is 0 Å². The lowest BCUT2D eigenvalue weighted by Crippen LogP contribution is -2.19. The number of fused-ring (bicyclic) bond motifs is 2. The van der Waals surface area contributed by atoms with Crippen LogP contribution in [0, 0.1) is 22.7 Å². The Balaban J connectivity index is 0.000000215. The molecule has 0 fully saturated rings. The predicted molar refractivity (Wildman–Crippen MR) is 127 cm³/mol. The first-order valence-corrected chi connectivity index (χ1v) is 11.8. The summed E-state index contributed by atoms with van der Waals surface area (Å²) in [4.78, 5) is 15.6. The van der Waals surface area contributed by atoms with E-state index < -0.39 is 10.3 Å². The van der Waals surface area contributed by atoms with Gasteiger partial charge in [0.2, 0.25) is 0 Å². The Kier molecular flexibility index (Phi) is 9.28. The largest absolute Gasteiger partial charge is 0.394 e. The van der Waals surface area contributed by atoms with Gasteiger partial charge in [-0.1, -0.05) is 0 Å². The maximum Gasteiger partial charge on any atom is 0.333 e. The Morgan fingerprint density at radius 1 is 0.842 bits per heavy atom. The molecule has 0 amide bonds. The highest BCUT2D eigenvalue weighted by atomic mass is 32.2. The fourth-order valence-electron chi connectivity index (χ4n) is 2.97. The van der Waals surface area contributed by atoms with Crippen molar-refractivity contribution in [3.05, 3.63) is 24.0 Å². The monoisotopic (exact) mass is 547 g/mol. The molecule has 19 nitrogen and oxygen atoms in total. The number of rotatable bonds is 10. The lowest BCUT2D eigenvalue weighted by molar-refractivity contribution is 0.0438. The van der Waals surface area contributed by atoms with Crippen LogP contribution in [0.4, 0.5) is 11.6 Å². The summed E-state index contributed by atoms with van der Waals surface area (Å²) in [5.41, 5.74) is 12.3. The quantitative estimate of drug-likeness (QED) is 0.152. The molecule has 0 spiro atoms. The van der Waals surface area contributed by atoms with Crippen LogP contribution >= 0.6 is 0 Å². The van der Waals surface area contributed by atoms with Crippen molar-refractivity contribution in [2.75, 3.05) is 37.9 Å². The molecule has 0 saturated heterocycles. The Morgan fingerprint density at radius 3 is 1.74 bits per heavy atom. The number of nitrogens with zero attached hydrogens (tertiary/aromatic N) is 10. The normalized spacial score (nSPS) is 11.2. The smallest absolute Gasteiger partial charge is 0.333 e. The van der Waals surface area contributed by atoms with Crippen molar-refractivity contribution in [3.63, 3.8) is 0 Å². The Hall–Kier alpha value is -4.57. The molecule has 38 heavy (non-hydrogen) atoms. The van der Waals surface area contributed by atoms with Gasteiger partial charge in [0, 0.05) is 0 Å². The summed E-state index contributed by atoms with van der Waals surface area (Å²) in [6, 6.07) is 3.81. The molecular weight excluding hydrogens is 526 g/mol. The number of ether oxygens (including phenoxy) is 2. The van der Waals surface area contributed by atoms with Gasteiger partial charge in [-0.25, -0.2) is 34.4 Å². The summed E-state index contributed by atoms with van der Waals surface area (Å²) in [6.45, 7) is -0.149. The predicted octanol–water partition coefficient (Wildman–Crippen LogP) is -2.28. The zero-order valence-electron chi connectivity index (χ0n) is 19.5. The van der Waals surface area contributed by atoms with Crippen LogP contribution in [0.15, 0.2) is 12.7 Å². The van der Waals surface area contributed by atoms with E-state index in [-0.39, 0.29) is 62.9 Å². The van der Waals surface area contributed by atoms with Gasteiger partial charge in [-0.05, 0) is 0 Å². The number of hydrogen-bond donors (Lipinski definition) is 4.